The van der Waals surface area contributed by atoms with E-state index in [0.29, 0.717) is 12.8 Å². The van der Waals surface area contributed by atoms with Crippen molar-refractivity contribution in [2.75, 3.05) is 0 Å². The van der Waals surface area contributed by atoms with Crippen molar-refractivity contribution in [3.8, 4) is 0 Å². The molecule has 110 valence electrons. The fourth-order valence-corrected chi connectivity index (χ4v) is 2.57. The van der Waals surface area contributed by atoms with Gasteiger partial charge in [-0.15, -0.1) is 0 Å². The molecule has 1 aliphatic carbocycles. The van der Waals surface area contributed by atoms with Gasteiger partial charge in [0.25, 0.3) is 0 Å². The first kappa shape index (κ1) is 16.5. The number of thioether (sulfide) groups is 1. The highest BCUT2D eigenvalue weighted by Gasteiger charge is 2.26. The minimum Gasteiger partial charge on any atom is -0.450 e. The molecule has 0 bridgehead atoms. The maximum absolute atomic E-state index is 11.8. The molecule has 0 aromatic carbocycles. The molecule has 4 nitrogen and oxygen atoms in total. The van der Waals surface area contributed by atoms with Crippen molar-refractivity contribution in [2.45, 2.75) is 63.6 Å². The van der Waals surface area contributed by atoms with E-state index in [4.69, 9.17) is 4.74 Å². The summed E-state index contributed by atoms with van der Waals surface area (Å²) >= 11 is 1.13. The first-order valence-corrected chi connectivity index (χ1v) is 7.43. The maximum Gasteiger partial charge on any atom is 0.368 e. The van der Waals surface area contributed by atoms with Crippen LogP contribution in [0.15, 0.2) is 12.2 Å². The van der Waals surface area contributed by atoms with Crippen molar-refractivity contribution in [1.82, 2.24) is 0 Å². The summed E-state index contributed by atoms with van der Waals surface area (Å²) in [5.74, 6) is -0.0172. The predicted molar refractivity (Wildman–Crippen MR) is 77.2 cm³/mol. The second kappa shape index (κ2) is 6.77. The Labute approximate surface area is 119 Å². The molecule has 0 spiro atoms. The fourth-order valence-electron chi connectivity index (χ4n) is 1.90. The van der Waals surface area contributed by atoms with Gasteiger partial charge in [-0.3, -0.25) is 0 Å². The summed E-state index contributed by atoms with van der Waals surface area (Å²) in [7, 11) is 0. The summed E-state index contributed by atoms with van der Waals surface area (Å²) in [6.07, 6.45) is 2.56. The Hall–Kier alpha value is -0.520. The van der Waals surface area contributed by atoms with Gasteiger partial charge >= 0.3 is 5.30 Å². The van der Waals surface area contributed by atoms with E-state index in [-0.39, 0.29) is 16.0 Å². The largest absolute Gasteiger partial charge is 0.450 e. The van der Waals surface area contributed by atoms with E-state index >= 15 is 0 Å². The van der Waals surface area contributed by atoms with E-state index in [2.05, 4.69) is 0 Å². The molecular formula is C14H24O4S. The van der Waals surface area contributed by atoms with E-state index in [1.807, 2.05) is 27.7 Å². The fraction of sp³-hybridized carbons (Fsp3) is 0.786. The zero-order valence-corrected chi connectivity index (χ0v) is 12.8. The summed E-state index contributed by atoms with van der Waals surface area (Å²) in [5, 5.41) is 19.3. The lowest BCUT2D eigenvalue weighted by atomic mass is 9.91. The maximum atomic E-state index is 11.8. The van der Waals surface area contributed by atoms with Gasteiger partial charge in [0.2, 0.25) is 0 Å². The van der Waals surface area contributed by atoms with Crippen LogP contribution in [-0.4, -0.2) is 38.6 Å². The van der Waals surface area contributed by atoms with Gasteiger partial charge in [0.1, 0.15) is 6.10 Å². The second-order valence-electron chi connectivity index (χ2n) is 6.09. The van der Waals surface area contributed by atoms with Gasteiger partial charge in [-0.25, -0.2) is 4.79 Å². The third-order valence-electron chi connectivity index (χ3n) is 2.93. The highest BCUT2D eigenvalue weighted by molar-refractivity contribution is 8.14. The number of carbonyl (C=O) groups excluding carboxylic acids is 1. The lowest BCUT2D eigenvalue weighted by molar-refractivity contribution is 0.0376. The Morgan fingerprint density at radius 2 is 1.89 bits per heavy atom. The van der Waals surface area contributed by atoms with E-state index in [9.17, 15) is 15.0 Å². The van der Waals surface area contributed by atoms with Crippen molar-refractivity contribution in [2.24, 2.45) is 5.92 Å². The van der Waals surface area contributed by atoms with Crippen LogP contribution in [0.25, 0.3) is 0 Å². The summed E-state index contributed by atoms with van der Waals surface area (Å²) in [6, 6.07) is 0. The van der Waals surface area contributed by atoms with Crippen molar-refractivity contribution in [1.29, 1.82) is 0 Å². The number of carbonyl (C=O) groups is 1. The zero-order chi connectivity index (χ0) is 14.6. The molecule has 4 atom stereocenters. The molecule has 0 aliphatic heterocycles. The highest BCUT2D eigenvalue weighted by atomic mass is 32.2. The molecule has 0 saturated carbocycles. The van der Waals surface area contributed by atoms with Crippen LogP contribution >= 0.6 is 11.8 Å². The summed E-state index contributed by atoms with van der Waals surface area (Å²) in [5.41, 5.74) is 0. The standard InChI is InChI=1S/C14H24O4S/c1-9-7-10(15)5-6-11(8-12(9)16)18-13(17)19-14(2,3)4/h5-6,9-12,15-16H,7-8H2,1-4H3/b6-5+. The Kier molecular flexibility index (Phi) is 5.89. The normalized spacial score (nSPS) is 34.2. The Balaban J connectivity index is 2.63. The minimum absolute atomic E-state index is 0.0172. The van der Waals surface area contributed by atoms with E-state index in [1.165, 1.54) is 0 Å². The number of ether oxygens (including phenoxy) is 1. The van der Waals surface area contributed by atoms with Crippen LogP contribution in [0.3, 0.4) is 0 Å². The van der Waals surface area contributed by atoms with Crippen LogP contribution < -0.4 is 0 Å². The number of hydrogen-bond acceptors (Lipinski definition) is 5. The summed E-state index contributed by atoms with van der Waals surface area (Å²) in [4.78, 5) is 11.8. The van der Waals surface area contributed by atoms with Crippen LogP contribution in [-0.2, 0) is 4.74 Å². The van der Waals surface area contributed by atoms with Crippen molar-refractivity contribution in [3.63, 3.8) is 0 Å². The zero-order valence-electron chi connectivity index (χ0n) is 12.0. The average molecular weight is 288 g/mol. The average Bonchev–Trinajstić information content (AvgIpc) is 2.21. The van der Waals surface area contributed by atoms with Gasteiger partial charge in [0.15, 0.2) is 0 Å². The van der Waals surface area contributed by atoms with E-state index < -0.39 is 18.3 Å². The number of hydrogen-bond donors (Lipinski definition) is 2. The molecule has 0 saturated heterocycles. The highest BCUT2D eigenvalue weighted by Crippen LogP contribution is 2.27. The first-order valence-electron chi connectivity index (χ1n) is 6.61. The first-order chi connectivity index (χ1) is 8.67. The van der Waals surface area contributed by atoms with Crippen LogP contribution in [0.4, 0.5) is 4.79 Å². The van der Waals surface area contributed by atoms with Crippen molar-refractivity contribution >= 4 is 17.1 Å². The molecule has 0 radical (unpaired) electrons. The molecule has 0 aromatic rings. The number of aliphatic hydroxyl groups excluding tert-OH is 2. The van der Waals surface area contributed by atoms with Crippen molar-refractivity contribution in [3.05, 3.63) is 12.2 Å². The van der Waals surface area contributed by atoms with Crippen molar-refractivity contribution < 1.29 is 19.7 Å². The van der Waals surface area contributed by atoms with Gasteiger partial charge in [-0.1, -0.05) is 33.8 Å². The molecule has 19 heavy (non-hydrogen) atoms. The smallest absolute Gasteiger partial charge is 0.368 e. The molecule has 5 heteroatoms. The lowest BCUT2D eigenvalue weighted by Gasteiger charge is -2.27. The SMILES string of the molecule is CC1CC(O)/C=C/C(OC(=O)SC(C)(C)C)CC1O. The number of aliphatic hydroxyl groups is 2. The molecule has 0 aromatic heterocycles. The van der Waals surface area contributed by atoms with Crippen LogP contribution in [0.5, 0.6) is 0 Å². The monoisotopic (exact) mass is 288 g/mol. The Morgan fingerprint density at radius 1 is 1.26 bits per heavy atom. The van der Waals surface area contributed by atoms with Gasteiger partial charge in [0, 0.05) is 11.2 Å². The van der Waals surface area contributed by atoms with Gasteiger partial charge in [-0.05, 0) is 30.2 Å². The molecular weight excluding hydrogens is 264 g/mol. The second-order valence-corrected chi connectivity index (χ2v) is 7.85. The quantitative estimate of drug-likeness (QED) is 0.573. The predicted octanol–water partition coefficient (Wildman–Crippen LogP) is 2.73. The molecule has 0 fully saturated rings. The molecule has 2 N–H and O–H groups in total. The molecule has 4 unspecified atom stereocenters. The third kappa shape index (κ3) is 6.45. The molecule has 0 heterocycles. The third-order valence-corrected chi connectivity index (χ3v) is 3.80. The summed E-state index contributed by atoms with van der Waals surface area (Å²) in [6.45, 7) is 7.70. The molecule has 1 aliphatic rings. The molecule has 1 rings (SSSR count). The van der Waals surface area contributed by atoms with Gasteiger partial charge in [0.05, 0.1) is 12.2 Å². The topological polar surface area (TPSA) is 66.8 Å². The number of rotatable bonds is 1. The summed E-state index contributed by atoms with van der Waals surface area (Å²) < 4.78 is 5.14. The van der Waals surface area contributed by atoms with E-state index in [0.717, 1.165) is 11.8 Å². The minimum atomic E-state index is -0.596. The lowest BCUT2D eigenvalue weighted by Crippen LogP contribution is -2.30. The van der Waals surface area contributed by atoms with Gasteiger partial charge < -0.3 is 14.9 Å². The van der Waals surface area contributed by atoms with Gasteiger partial charge in [-0.2, -0.15) is 0 Å². The van der Waals surface area contributed by atoms with E-state index in [1.54, 1.807) is 12.2 Å². The van der Waals surface area contributed by atoms with Crippen LogP contribution in [0, 0.1) is 5.92 Å². The van der Waals surface area contributed by atoms with Crippen LogP contribution in [0.1, 0.15) is 40.5 Å². The Bertz CT molecular complexity index is 335. The molecule has 0 amide bonds. The van der Waals surface area contributed by atoms with Crippen LogP contribution in [0.2, 0.25) is 0 Å². The Morgan fingerprint density at radius 3 is 2.47 bits per heavy atom.